The molecule has 3 aromatic heterocycles. The van der Waals surface area contributed by atoms with Crippen LogP contribution in [-0.2, 0) is 17.6 Å². The Bertz CT molecular complexity index is 1450. The van der Waals surface area contributed by atoms with Crippen molar-refractivity contribution in [3.8, 4) is 0 Å². The van der Waals surface area contributed by atoms with Gasteiger partial charge >= 0.3 is 0 Å². The number of aromatic nitrogens is 4. The molecule has 0 saturated heterocycles. The number of amides is 1. The first-order valence-corrected chi connectivity index (χ1v) is 13.2. The predicted octanol–water partition coefficient (Wildman–Crippen LogP) is 5.98. The lowest BCUT2D eigenvalue weighted by Gasteiger charge is -2.22. The average Bonchev–Trinajstić information content (AvgIpc) is 3.45. The highest BCUT2D eigenvalue weighted by Gasteiger charge is 2.24. The maximum absolute atomic E-state index is 13.5. The summed E-state index contributed by atoms with van der Waals surface area (Å²) in [5.41, 5.74) is 3.94. The Morgan fingerprint density at radius 1 is 1.00 bits per heavy atom. The maximum atomic E-state index is 13.5. The van der Waals surface area contributed by atoms with Gasteiger partial charge in [-0.25, -0.2) is 4.98 Å². The minimum Gasteiger partial charge on any atom is -0.280 e. The highest BCUT2D eigenvalue weighted by atomic mass is 32.2. The predicted molar refractivity (Wildman–Crippen MR) is 138 cm³/mol. The lowest BCUT2D eigenvalue weighted by atomic mass is 9.97. The number of benzene rings is 2. The molecule has 0 atom stereocenters. The summed E-state index contributed by atoms with van der Waals surface area (Å²) in [6.07, 6.45) is 4.65. The molecule has 0 aliphatic heterocycles. The summed E-state index contributed by atoms with van der Waals surface area (Å²) in [6.45, 7) is 1.99. The molecule has 0 unspecified atom stereocenters. The van der Waals surface area contributed by atoms with Gasteiger partial charge in [-0.05, 0) is 62.4 Å². The van der Waals surface area contributed by atoms with Crippen LogP contribution in [0.1, 0.15) is 29.1 Å². The van der Waals surface area contributed by atoms with Crippen LogP contribution in [0, 0.1) is 6.92 Å². The van der Waals surface area contributed by atoms with E-state index >= 15 is 0 Å². The molecule has 8 heteroatoms. The Balaban J connectivity index is 1.34. The van der Waals surface area contributed by atoms with Gasteiger partial charge in [0.15, 0.2) is 10.8 Å². The summed E-state index contributed by atoms with van der Waals surface area (Å²) in [7, 11) is 0. The number of nitrogens with zero attached hydrogens (tertiary/aromatic N) is 5. The number of carbonyl (C=O) groups excluding carboxylic acids is 1. The molecule has 34 heavy (non-hydrogen) atoms. The van der Waals surface area contributed by atoms with Crippen LogP contribution in [0.4, 0.5) is 11.4 Å². The van der Waals surface area contributed by atoms with E-state index in [0.717, 1.165) is 45.9 Å². The summed E-state index contributed by atoms with van der Waals surface area (Å²) in [6, 6.07) is 19.5. The van der Waals surface area contributed by atoms with Crippen LogP contribution in [0.25, 0.3) is 15.9 Å². The van der Waals surface area contributed by atoms with Crippen molar-refractivity contribution in [3.63, 3.8) is 0 Å². The smallest absolute Gasteiger partial charge is 0.242 e. The minimum atomic E-state index is -0.0150. The van der Waals surface area contributed by atoms with E-state index in [9.17, 15) is 4.79 Å². The van der Waals surface area contributed by atoms with E-state index in [1.807, 2.05) is 72.0 Å². The zero-order valence-corrected chi connectivity index (χ0v) is 20.4. The lowest BCUT2D eigenvalue weighted by Crippen LogP contribution is -2.27. The second-order valence-corrected chi connectivity index (χ2v) is 10.4. The number of anilines is 2. The van der Waals surface area contributed by atoms with Crippen LogP contribution < -0.4 is 4.90 Å². The van der Waals surface area contributed by atoms with Gasteiger partial charge in [0.25, 0.3) is 0 Å². The zero-order valence-electron chi connectivity index (χ0n) is 18.8. The second kappa shape index (κ2) is 8.85. The molecule has 170 valence electrons. The summed E-state index contributed by atoms with van der Waals surface area (Å²) in [5.74, 6) is 1.08. The molecule has 0 bridgehead atoms. The largest absolute Gasteiger partial charge is 0.280 e. The van der Waals surface area contributed by atoms with E-state index in [-0.39, 0.29) is 11.7 Å². The number of thiophene rings is 1. The van der Waals surface area contributed by atoms with Crippen LogP contribution in [0.15, 0.2) is 65.8 Å². The molecule has 2 aromatic carbocycles. The normalized spacial score (nSPS) is 13.3. The molecule has 6 nitrogen and oxygen atoms in total. The molecule has 1 aliphatic rings. The molecule has 0 radical (unpaired) electrons. The van der Waals surface area contributed by atoms with Crippen molar-refractivity contribution in [2.24, 2.45) is 0 Å². The van der Waals surface area contributed by atoms with Gasteiger partial charge in [-0.1, -0.05) is 48.2 Å². The topological polar surface area (TPSA) is 63.4 Å². The van der Waals surface area contributed by atoms with Crippen molar-refractivity contribution < 1.29 is 4.79 Å². The minimum absolute atomic E-state index is 0.0150. The third kappa shape index (κ3) is 3.67. The van der Waals surface area contributed by atoms with Crippen LogP contribution in [0.5, 0.6) is 0 Å². The molecular weight excluding hydrogens is 462 g/mol. The monoisotopic (exact) mass is 485 g/mol. The van der Waals surface area contributed by atoms with Crippen molar-refractivity contribution in [2.75, 3.05) is 10.7 Å². The van der Waals surface area contributed by atoms with E-state index in [0.29, 0.717) is 5.16 Å². The van der Waals surface area contributed by atoms with E-state index in [4.69, 9.17) is 4.98 Å². The summed E-state index contributed by atoms with van der Waals surface area (Å²) >= 11 is 3.20. The molecule has 1 amide bonds. The van der Waals surface area contributed by atoms with Gasteiger partial charge in [-0.15, -0.1) is 21.5 Å². The fourth-order valence-corrected chi connectivity index (χ4v) is 6.79. The first-order chi connectivity index (χ1) is 16.7. The summed E-state index contributed by atoms with van der Waals surface area (Å²) in [4.78, 5) is 22.6. The lowest BCUT2D eigenvalue weighted by molar-refractivity contribution is -0.115. The molecule has 0 N–H and O–H groups in total. The Labute approximate surface area is 205 Å². The van der Waals surface area contributed by atoms with Gasteiger partial charge < -0.3 is 0 Å². The van der Waals surface area contributed by atoms with E-state index in [1.54, 1.807) is 16.2 Å². The van der Waals surface area contributed by atoms with Gasteiger partial charge in [-0.3, -0.25) is 14.1 Å². The number of fused-ring (bicyclic) bond motifs is 5. The van der Waals surface area contributed by atoms with Crippen molar-refractivity contribution in [1.82, 2.24) is 19.6 Å². The van der Waals surface area contributed by atoms with Gasteiger partial charge in [0.1, 0.15) is 10.7 Å². The van der Waals surface area contributed by atoms with Gasteiger partial charge in [-0.2, -0.15) is 0 Å². The summed E-state index contributed by atoms with van der Waals surface area (Å²) < 4.78 is 2.01. The van der Waals surface area contributed by atoms with Gasteiger partial charge in [0.2, 0.25) is 5.91 Å². The van der Waals surface area contributed by atoms with Crippen LogP contribution >= 0.6 is 23.1 Å². The first kappa shape index (κ1) is 21.3. The Kier molecular flexibility index (Phi) is 5.55. The van der Waals surface area contributed by atoms with Gasteiger partial charge in [0, 0.05) is 16.3 Å². The highest BCUT2D eigenvalue weighted by molar-refractivity contribution is 7.99. The fourth-order valence-electron chi connectivity index (χ4n) is 4.66. The molecule has 5 aromatic rings. The van der Waals surface area contributed by atoms with E-state index in [1.165, 1.54) is 35.0 Å². The van der Waals surface area contributed by atoms with Crippen LogP contribution in [0.2, 0.25) is 0 Å². The summed E-state index contributed by atoms with van der Waals surface area (Å²) in [5, 5.41) is 10.9. The average molecular weight is 486 g/mol. The second-order valence-electron chi connectivity index (χ2n) is 8.38. The Hall–Kier alpha value is -3.23. The third-order valence-corrected chi connectivity index (χ3v) is 8.30. The Morgan fingerprint density at radius 3 is 2.38 bits per heavy atom. The number of thioether (sulfide) groups is 1. The van der Waals surface area contributed by atoms with Crippen molar-refractivity contribution in [2.45, 2.75) is 37.8 Å². The third-order valence-electron chi connectivity index (χ3n) is 6.20. The highest BCUT2D eigenvalue weighted by Crippen LogP contribution is 2.38. The molecular formula is C26H23N5OS2. The standard InChI is InChI=1S/C26H23N5OS2/c1-17-27-25-23(20-14-8-9-15-21(20)34-25)24-28-29-26(30(17)24)33-16-22(32)31(18-10-4-2-5-11-18)19-12-6-3-7-13-19/h2-7,10-13H,8-9,14-16H2,1H3. The van der Waals surface area contributed by atoms with Crippen molar-refractivity contribution in [3.05, 3.63) is 76.9 Å². The molecule has 6 rings (SSSR count). The quantitative estimate of drug-likeness (QED) is 0.286. The SMILES string of the molecule is Cc1nc2sc3c(c2c2nnc(SCC(=O)N(c4ccccc4)c4ccccc4)n12)CCCC3. The van der Waals surface area contributed by atoms with E-state index < -0.39 is 0 Å². The number of rotatable bonds is 5. The van der Waals surface area contributed by atoms with Crippen LogP contribution in [0.3, 0.4) is 0 Å². The van der Waals surface area contributed by atoms with E-state index in [2.05, 4.69) is 10.2 Å². The number of para-hydroxylation sites is 2. The molecule has 0 fully saturated rings. The van der Waals surface area contributed by atoms with Crippen molar-refractivity contribution in [1.29, 1.82) is 0 Å². The van der Waals surface area contributed by atoms with Crippen LogP contribution in [-0.4, -0.2) is 31.2 Å². The number of aryl methyl sites for hydroxylation is 3. The molecule has 1 aliphatic carbocycles. The fraction of sp³-hybridized carbons (Fsp3) is 0.231. The molecule has 3 heterocycles. The van der Waals surface area contributed by atoms with Crippen molar-refractivity contribution >= 4 is 56.2 Å². The first-order valence-electron chi connectivity index (χ1n) is 11.4. The number of hydrogen-bond acceptors (Lipinski definition) is 6. The molecule has 0 spiro atoms. The van der Waals surface area contributed by atoms with Gasteiger partial charge in [0.05, 0.1) is 11.1 Å². The molecule has 0 saturated carbocycles. The zero-order chi connectivity index (χ0) is 23.1. The Morgan fingerprint density at radius 2 is 1.68 bits per heavy atom. The maximum Gasteiger partial charge on any atom is 0.242 e. The number of hydrogen-bond donors (Lipinski definition) is 0. The number of carbonyl (C=O) groups is 1.